The number of amides is 1. The van der Waals surface area contributed by atoms with Crippen LogP contribution in [0, 0.1) is 5.92 Å². The van der Waals surface area contributed by atoms with E-state index in [0.29, 0.717) is 32.5 Å². The van der Waals surface area contributed by atoms with Crippen molar-refractivity contribution in [2.24, 2.45) is 5.92 Å². The lowest BCUT2D eigenvalue weighted by Gasteiger charge is -2.30. The molecule has 1 fully saturated rings. The molecule has 0 aromatic heterocycles. The summed E-state index contributed by atoms with van der Waals surface area (Å²) in [6.07, 6.45) is 1.18. The average molecular weight is 389 g/mol. The average Bonchev–Trinajstić information content (AvgIpc) is 2.50. The lowest BCUT2D eigenvalue weighted by molar-refractivity contribution is -0.126. The molecular weight excluding hydrogens is 368 g/mol. The molecule has 2 rings (SSSR count). The molecule has 5 nitrogen and oxygen atoms in total. The zero-order valence-corrected chi connectivity index (χ0v) is 15.0. The van der Waals surface area contributed by atoms with E-state index in [1.807, 2.05) is 31.2 Å². The Bertz CT molecular complexity index is 608. The SMILES string of the molecule is CCNC(=O)C1CCN(S(=O)(=O)Cc2ccc(Br)cc2)CC1. The van der Waals surface area contributed by atoms with Crippen molar-refractivity contribution >= 4 is 31.9 Å². The van der Waals surface area contributed by atoms with Gasteiger partial charge in [0.1, 0.15) is 0 Å². The van der Waals surface area contributed by atoms with Gasteiger partial charge in [0.05, 0.1) is 5.75 Å². The van der Waals surface area contributed by atoms with E-state index in [-0.39, 0.29) is 17.6 Å². The molecule has 0 atom stereocenters. The van der Waals surface area contributed by atoms with Crippen LogP contribution in [0.5, 0.6) is 0 Å². The second-order valence-electron chi connectivity index (χ2n) is 5.45. The summed E-state index contributed by atoms with van der Waals surface area (Å²) < 4.78 is 27.3. The minimum absolute atomic E-state index is 0.00605. The molecule has 1 heterocycles. The smallest absolute Gasteiger partial charge is 0.223 e. The lowest BCUT2D eigenvalue weighted by Crippen LogP contribution is -2.43. The number of halogens is 1. The van der Waals surface area contributed by atoms with Crippen LogP contribution in [0.2, 0.25) is 0 Å². The van der Waals surface area contributed by atoms with Crippen LogP contribution in [0.3, 0.4) is 0 Å². The Balaban J connectivity index is 1.94. The van der Waals surface area contributed by atoms with Gasteiger partial charge in [-0.25, -0.2) is 12.7 Å². The Morgan fingerprint density at radius 1 is 1.27 bits per heavy atom. The maximum atomic E-state index is 12.5. The van der Waals surface area contributed by atoms with E-state index in [1.165, 1.54) is 4.31 Å². The first-order chi connectivity index (χ1) is 10.4. The first kappa shape index (κ1) is 17.4. The van der Waals surface area contributed by atoms with Gasteiger partial charge in [-0.3, -0.25) is 4.79 Å². The number of carbonyl (C=O) groups is 1. The van der Waals surface area contributed by atoms with Crippen molar-refractivity contribution < 1.29 is 13.2 Å². The van der Waals surface area contributed by atoms with Crippen molar-refractivity contribution in [1.29, 1.82) is 0 Å². The predicted octanol–water partition coefficient (Wildman–Crippen LogP) is 2.13. The fourth-order valence-corrected chi connectivity index (χ4v) is 4.43. The molecule has 0 unspecified atom stereocenters. The van der Waals surface area contributed by atoms with Gasteiger partial charge in [0, 0.05) is 30.0 Å². The van der Waals surface area contributed by atoms with Gasteiger partial charge in [-0.2, -0.15) is 0 Å². The molecule has 22 heavy (non-hydrogen) atoms. The van der Waals surface area contributed by atoms with Gasteiger partial charge in [0.25, 0.3) is 0 Å². The van der Waals surface area contributed by atoms with E-state index in [9.17, 15) is 13.2 Å². The maximum Gasteiger partial charge on any atom is 0.223 e. The van der Waals surface area contributed by atoms with Crippen molar-refractivity contribution in [3.8, 4) is 0 Å². The summed E-state index contributed by atoms with van der Waals surface area (Å²) >= 11 is 3.34. The molecule has 0 saturated carbocycles. The van der Waals surface area contributed by atoms with Crippen molar-refractivity contribution in [3.63, 3.8) is 0 Å². The quantitative estimate of drug-likeness (QED) is 0.839. The highest BCUT2D eigenvalue weighted by atomic mass is 79.9. The molecule has 122 valence electrons. The Morgan fingerprint density at radius 2 is 1.86 bits per heavy atom. The molecule has 0 bridgehead atoms. The summed E-state index contributed by atoms with van der Waals surface area (Å²) in [6.45, 7) is 3.33. The van der Waals surface area contributed by atoms with Crippen LogP contribution < -0.4 is 5.32 Å². The lowest BCUT2D eigenvalue weighted by atomic mass is 9.97. The molecule has 1 saturated heterocycles. The zero-order valence-electron chi connectivity index (χ0n) is 12.6. The normalized spacial score (nSPS) is 17.4. The van der Waals surface area contributed by atoms with Crippen molar-refractivity contribution in [2.45, 2.75) is 25.5 Å². The predicted molar refractivity (Wildman–Crippen MR) is 89.7 cm³/mol. The Labute approximate surface area is 140 Å². The number of rotatable bonds is 5. The van der Waals surface area contributed by atoms with Crippen LogP contribution in [-0.4, -0.2) is 38.3 Å². The number of hydrogen-bond acceptors (Lipinski definition) is 3. The molecule has 1 aliphatic rings. The molecular formula is C15H21BrN2O3S. The Kier molecular flexibility index (Phi) is 6.00. The number of piperidine rings is 1. The molecule has 1 N–H and O–H groups in total. The van der Waals surface area contributed by atoms with Gasteiger partial charge in [-0.15, -0.1) is 0 Å². The van der Waals surface area contributed by atoms with Crippen molar-refractivity contribution in [1.82, 2.24) is 9.62 Å². The summed E-state index contributed by atoms with van der Waals surface area (Å²) in [6, 6.07) is 7.30. The summed E-state index contributed by atoms with van der Waals surface area (Å²) in [7, 11) is -3.32. The van der Waals surface area contributed by atoms with Crippen molar-refractivity contribution in [3.05, 3.63) is 34.3 Å². The Hall–Kier alpha value is -0.920. The summed E-state index contributed by atoms with van der Waals surface area (Å²) in [4.78, 5) is 11.8. The van der Waals surface area contributed by atoms with Crippen LogP contribution in [0.4, 0.5) is 0 Å². The molecule has 1 aromatic rings. The fraction of sp³-hybridized carbons (Fsp3) is 0.533. The van der Waals surface area contributed by atoms with Gasteiger partial charge in [0.15, 0.2) is 0 Å². The minimum atomic E-state index is -3.32. The van der Waals surface area contributed by atoms with Gasteiger partial charge in [-0.1, -0.05) is 28.1 Å². The van der Waals surface area contributed by atoms with Gasteiger partial charge in [0.2, 0.25) is 15.9 Å². The van der Waals surface area contributed by atoms with E-state index in [4.69, 9.17) is 0 Å². The van der Waals surface area contributed by atoms with Crippen LogP contribution in [0.15, 0.2) is 28.7 Å². The van der Waals surface area contributed by atoms with Gasteiger partial charge in [-0.05, 0) is 37.5 Å². The Morgan fingerprint density at radius 3 is 2.41 bits per heavy atom. The van der Waals surface area contributed by atoms with E-state index in [0.717, 1.165) is 10.0 Å². The van der Waals surface area contributed by atoms with Gasteiger partial charge < -0.3 is 5.32 Å². The number of hydrogen-bond donors (Lipinski definition) is 1. The number of benzene rings is 1. The minimum Gasteiger partial charge on any atom is -0.356 e. The topological polar surface area (TPSA) is 66.5 Å². The summed E-state index contributed by atoms with van der Waals surface area (Å²) in [5.41, 5.74) is 0.772. The summed E-state index contributed by atoms with van der Waals surface area (Å²) in [5, 5.41) is 2.80. The number of nitrogens with one attached hydrogen (secondary N) is 1. The third-order valence-corrected chi connectivity index (χ3v) is 6.21. The monoisotopic (exact) mass is 388 g/mol. The first-order valence-corrected chi connectivity index (χ1v) is 9.82. The maximum absolute atomic E-state index is 12.5. The molecule has 1 aliphatic heterocycles. The fourth-order valence-electron chi connectivity index (χ4n) is 2.60. The second kappa shape index (κ2) is 7.57. The number of sulfonamides is 1. The third kappa shape index (κ3) is 4.54. The molecule has 0 aliphatic carbocycles. The van der Waals surface area contributed by atoms with E-state index in [1.54, 1.807) is 0 Å². The highest BCUT2D eigenvalue weighted by molar-refractivity contribution is 9.10. The number of carbonyl (C=O) groups excluding carboxylic acids is 1. The number of nitrogens with zero attached hydrogens (tertiary/aromatic N) is 1. The molecule has 0 spiro atoms. The second-order valence-corrected chi connectivity index (χ2v) is 8.34. The molecule has 0 radical (unpaired) electrons. The van der Waals surface area contributed by atoms with E-state index in [2.05, 4.69) is 21.2 Å². The van der Waals surface area contributed by atoms with Gasteiger partial charge >= 0.3 is 0 Å². The first-order valence-electron chi connectivity index (χ1n) is 7.42. The van der Waals surface area contributed by atoms with Crippen LogP contribution in [-0.2, 0) is 20.6 Å². The largest absolute Gasteiger partial charge is 0.356 e. The molecule has 1 amide bonds. The van der Waals surface area contributed by atoms with E-state index >= 15 is 0 Å². The molecule has 7 heteroatoms. The standard InChI is InChI=1S/C15H21BrN2O3S/c1-2-17-15(19)13-7-9-18(10-8-13)22(20,21)11-12-3-5-14(16)6-4-12/h3-6,13H,2,7-11H2,1H3,(H,17,19). The highest BCUT2D eigenvalue weighted by Crippen LogP contribution is 2.22. The zero-order chi connectivity index (χ0) is 16.2. The summed E-state index contributed by atoms with van der Waals surface area (Å²) in [5.74, 6) is -0.0296. The molecule has 1 aromatic carbocycles. The highest BCUT2D eigenvalue weighted by Gasteiger charge is 2.30. The van der Waals surface area contributed by atoms with Crippen LogP contribution in [0.25, 0.3) is 0 Å². The van der Waals surface area contributed by atoms with Crippen LogP contribution >= 0.6 is 15.9 Å². The van der Waals surface area contributed by atoms with E-state index < -0.39 is 10.0 Å². The van der Waals surface area contributed by atoms with Crippen molar-refractivity contribution in [2.75, 3.05) is 19.6 Å². The van der Waals surface area contributed by atoms with Crippen LogP contribution in [0.1, 0.15) is 25.3 Å². The third-order valence-electron chi connectivity index (χ3n) is 3.83.